The maximum atomic E-state index is 10.9. The molecule has 0 saturated carbocycles. The van der Waals surface area contributed by atoms with E-state index < -0.39 is 4.92 Å². The number of hydrogen-bond donors (Lipinski definition) is 2. The van der Waals surface area contributed by atoms with Gasteiger partial charge in [-0.05, 0) is 30.8 Å². The second kappa shape index (κ2) is 6.86. The summed E-state index contributed by atoms with van der Waals surface area (Å²) in [5.74, 6) is 5.45. The topological polar surface area (TPSA) is 84.4 Å². The molecule has 112 valence electrons. The monoisotopic (exact) mass is 326 g/mol. The first-order valence-corrected chi connectivity index (χ1v) is 7.35. The summed E-state index contributed by atoms with van der Waals surface area (Å²) in [6.45, 7) is 1.25. The quantitative estimate of drug-likeness (QED) is 0.483. The van der Waals surface area contributed by atoms with Gasteiger partial charge in [-0.2, -0.15) is 0 Å². The van der Waals surface area contributed by atoms with Crippen molar-refractivity contribution in [3.05, 3.63) is 55.2 Å². The number of nitrogen functional groups attached to an aromatic ring is 1. The fraction of sp³-hybridized carbons (Fsp3) is 0.231. The van der Waals surface area contributed by atoms with E-state index in [-0.39, 0.29) is 5.69 Å². The molecule has 21 heavy (non-hydrogen) atoms. The second-order valence-electron chi connectivity index (χ2n) is 4.62. The average molecular weight is 327 g/mol. The summed E-state index contributed by atoms with van der Waals surface area (Å²) in [7, 11) is 1.94. The molecule has 1 aromatic carbocycles. The molecule has 0 fully saturated rings. The normalized spacial score (nSPS) is 10.9. The summed E-state index contributed by atoms with van der Waals surface area (Å²) in [6, 6.07) is 8.41. The van der Waals surface area contributed by atoms with Crippen LogP contribution in [0.15, 0.2) is 30.3 Å². The third-order valence-corrected chi connectivity index (χ3v) is 4.17. The minimum atomic E-state index is -0.414. The number of thiophene rings is 1. The molecule has 0 unspecified atom stereocenters. The smallest absolute Gasteiger partial charge is 0.269 e. The van der Waals surface area contributed by atoms with E-state index in [0.717, 1.165) is 14.8 Å². The number of nitrogens with zero attached hydrogens (tertiary/aromatic N) is 2. The van der Waals surface area contributed by atoms with Crippen LogP contribution in [0, 0.1) is 10.1 Å². The molecule has 0 aliphatic carbocycles. The molecular formula is C13H15ClN4O2S. The van der Waals surface area contributed by atoms with Crippen LogP contribution in [0.1, 0.15) is 10.4 Å². The lowest BCUT2D eigenvalue weighted by Crippen LogP contribution is -2.19. The number of nitrogens with one attached hydrogen (secondary N) is 1. The van der Waals surface area contributed by atoms with Gasteiger partial charge in [0.25, 0.3) is 5.69 Å². The predicted molar refractivity (Wildman–Crippen MR) is 85.4 cm³/mol. The van der Waals surface area contributed by atoms with Crippen molar-refractivity contribution in [1.82, 2.24) is 4.90 Å². The van der Waals surface area contributed by atoms with E-state index >= 15 is 0 Å². The minimum Gasteiger partial charge on any atom is -0.324 e. The van der Waals surface area contributed by atoms with Crippen molar-refractivity contribution < 1.29 is 4.92 Å². The molecule has 8 heteroatoms. The molecule has 6 nitrogen and oxygen atoms in total. The van der Waals surface area contributed by atoms with Gasteiger partial charge >= 0.3 is 0 Å². The first-order valence-electron chi connectivity index (χ1n) is 6.16. The fourth-order valence-corrected chi connectivity index (χ4v) is 3.18. The molecule has 0 aliphatic rings. The Balaban J connectivity index is 2.13. The van der Waals surface area contributed by atoms with Gasteiger partial charge in [-0.15, -0.1) is 11.3 Å². The molecule has 0 bridgehead atoms. The van der Waals surface area contributed by atoms with E-state index in [4.69, 9.17) is 17.4 Å². The van der Waals surface area contributed by atoms with Gasteiger partial charge in [-0.25, -0.2) is 0 Å². The van der Waals surface area contributed by atoms with Gasteiger partial charge in [0.1, 0.15) is 0 Å². The van der Waals surface area contributed by atoms with Crippen LogP contribution in [0.3, 0.4) is 0 Å². The Morgan fingerprint density at radius 2 is 2.14 bits per heavy atom. The van der Waals surface area contributed by atoms with E-state index in [2.05, 4.69) is 5.43 Å². The van der Waals surface area contributed by atoms with Crippen molar-refractivity contribution >= 4 is 34.3 Å². The SMILES string of the molecule is CN(Cc1ccc(Cl)s1)Cc1cc([N+](=O)[O-])ccc1NN. The average Bonchev–Trinajstić information content (AvgIpc) is 2.83. The van der Waals surface area contributed by atoms with Crippen LogP contribution < -0.4 is 11.3 Å². The number of halogens is 1. The number of rotatable bonds is 6. The first kappa shape index (κ1) is 15.7. The summed E-state index contributed by atoms with van der Waals surface area (Å²) in [5.41, 5.74) is 4.07. The van der Waals surface area contributed by atoms with Crippen molar-refractivity contribution in [2.75, 3.05) is 12.5 Å². The van der Waals surface area contributed by atoms with Gasteiger partial charge in [0.15, 0.2) is 0 Å². The van der Waals surface area contributed by atoms with E-state index in [1.807, 2.05) is 24.1 Å². The van der Waals surface area contributed by atoms with Crippen LogP contribution in [0.25, 0.3) is 0 Å². The highest BCUT2D eigenvalue weighted by Crippen LogP contribution is 2.25. The lowest BCUT2D eigenvalue weighted by Gasteiger charge is -2.17. The molecule has 2 rings (SSSR count). The zero-order valence-electron chi connectivity index (χ0n) is 11.4. The first-order chi connectivity index (χ1) is 9.99. The van der Waals surface area contributed by atoms with Crippen molar-refractivity contribution in [3.63, 3.8) is 0 Å². The van der Waals surface area contributed by atoms with Crippen LogP contribution >= 0.6 is 22.9 Å². The summed E-state index contributed by atoms with van der Waals surface area (Å²) < 4.78 is 0.748. The lowest BCUT2D eigenvalue weighted by atomic mass is 10.1. The van der Waals surface area contributed by atoms with E-state index in [9.17, 15) is 10.1 Å². The summed E-state index contributed by atoms with van der Waals surface area (Å²) in [6.07, 6.45) is 0. The number of nitro benzene ring substituents is 1. The van der Waals surface area contributed by atoms with Gasteiger partial charge in [-0.1, -0.05) is 11.6 Å². The maximum absolute atomic E-state index is 10.9. The van der Waals surface area contributed by atoms with Crippen molar-refractivity contribution in [1.29, 1.82) is 0 Å². The van der Waals surface area contributed by atoms with Crippen LogP contribution in [0.5, 0.6) is 0 Å². The Kier molecular flexibility index (Phi) is 5.13. The van der Waals surface area contributed by atoms with Crippen LogP contribution in [-0.4, -0.2) is 16.9 Å². The number of nitro groups is 1. The summed E-state index contributed by atoms with van der Waals surface area (Å²) in [4.78, 5) is 13.6. The van der Waals surface area contributed by atoms with Gasteiger partial charge in [0.2, 0.25) is 0 Å². The Hall–Kier alpha value is -1.67. The Morgan fingerprint density at radius 3 is 2.71 bits per heavy atom. The zero-order valence-corrected chi connectivity index (χ0v) is 12.9. The molecule has 0 spiro atoms. The second-order valence-corrected chi connectivity index (χ2v) is 6.42. The molecule has 0 atom stereocenters. The highest BCUT2D eigenvalue weighted by atomic mass is 35.5. The van der Waals surface area contributed by atoms with Crippen LogP contribution in [-0.2, 0) is 13.1 Å². The number of hydrazine groups is 1. The molecule has 2 aromatic rings. The molecule has 1 aromatic heterocycles. The Morgan fingerprint density at radius 1 is 1.38 bits per heavy atom. The Labute approximate surface area is 131 Å². The maximum Gasteiger partial charge on any atom is 0.269 e. The number of nitrogens with two attached hydrogens (primary N) is 1. The molecular weight excluding hydrogens is 312 g/mol. The highest BCUT2D eigenvalue weighted by Gasteiger charge is 2.12. The van der Waals surface area contributed by atoms with E-state index in [0.29, 0.717) is 18.8 Å². The molecule has 0 radical (unpaired) electrons. The molecule has 3 N–H and O–H groups in total. The number of anilines is 1. The number of non-ortho nitro benzene ring substituents is 1. The van der Waals surface area contributed by atoms with Gasteiger partial charge in [-0.3, -0.25) is 20.9 Å². The third-order valence-electron chi connectivity index (χ3n) is 2.95. The molecule has 0 amide bonds. The largest absolute Gasteiger partial charge is 0.324 e. The predicted octanol–water partition coefficient (Wildman–Crippen LogP) is 3.23. The summed E-state index contributed by atoms with van der Waals surface area (Å²) in [5, 5.41) is 10.9. The molecule has 0 aliphatic heterocycles. The van der Waals surface area contributed by atoms with Gasteiger partial charge in [0.05, 0.1) is 14.9 Å². The van der Waals surface area contributed by atoms with Gasteiger partial charge < -0.3 is 5.43 Å². The van der Waals surface area contributed by atoms with Gasteiger partial charge in [0, 0.05) is 30.1 Å². The van der Waals surface area contributed by atoms with Crippen LogP contribution in [0.2, 0.25) is 4.34 Å². The standard InChI is InChI=1S/C13H15ClN4O2S/c1-17(8-11-3-5-13(14)21-11)7-9-6-10(18(19)20)2-4-12(9)16-15/h2-6,16H,7-8,15H2,1H3. The third kappa shape index (κ3) is 4.15. The fourth-order valence-electron chi connectivity index (χ4n) is 2.01. The molecule has 1 heterocycles. The highest BCUT2D eigenvalue weighted by molar-refractivity contribution is 7.16. The van der Waals surface area contributed by atoms with Crippen molar-refractivity contribution in [2.24, 2.45) is 5.84 Å². The lowest BCUT2D eigenvalue weighted by molar-refractivity contribution is -0.384. The van der Waals surface area contributed by atoms with E-state index in [1.165, 1.54) is 23.5 Å². The summed E-state index contributed by atoms with van der Waals surface area (Å²) >= 11 is 7.43. The van der Waals surface area contributed by atoms with Crippen LogP contribution in [0.4, 0.5) is 11.4 Å². The number of benzene rings is 1. The Bertz CT molecular complexity index is 647. The minimum absolute atomic E-state index is 0.0524. The van der Waals surface area contributed by atoms with E-state index in [1.54, 1.807) is 6.07 Å². The number of hydrogen-bond acceptors (Lipinski definition) is 6. The van der Waals surface area contributed by atoms with Crippen molar-refractivity contribution in [3.8, 4) is 0 Å². The zero-order chi connectivity index (χ0) is 15.4. The molecule has 0 saturated heterocycles. The van der Waals surface area contributed by atoms with Crippen molar-refractivity contribution in [2.45, 2.75) is 13.1 Å².